The van der Waals surface area contributed by atoms with Gasteiger partial charge >= 0.3 is 0 Å². The van der Waals surface area contributed by atoms with Crippen LogP contribution in [0.1, 0.15) is 59.9 Å². The molecule has 0 spiro atoms. The lowest BCUT2D eigenvalue weighted by Gasteiger charge is -2.40. The van der Waals surface area contributed by atoms with Crippen molar-refractivity contribution in [2.24, 2.45) is 5.73 Å². The van der Waals surface area contributed by atoms with E-state index in [0.29, 0.717) is 30.0 Å². The number of Topliss-reactive ketones (excluding diaryl/α,β-unsaturated/α-hetero) is 1. The first-order chi connectivity index (χ1) is 18.8. The molecule has 0 bridgehead atoms. The van der Waals surface area contributed by atoms with Crippen molar-refractivity contribution in [3.05, 3.63) is 116 Å². The quantitative estimate of drug-likeness (QED) is 0.325. The van der Waals surface area contributed by atoms with E-state index in [1.807, 2.05) is 54.3 Å². The third-order valence-corrected chi connectivity index (χ3v) is 8.44. The summed E-state index contributed by atoms with van der Waals surface area (Å²) in [7, 11) is 0. The number of para-hydroxylation sites is 2. The van der Waals surface area contributed by atoms with Crippen molar-refractivity contribution in [1.82, 2.24) is 0 Å². The van der Waals surface area contributed by atoms with Crippen LogP contribution in [-0.4, -0.2) is 5.78 Å². The molecule has 0 amide bonds. The lowest BCUT2D eigenvalue weighted by Crippen LogP contribution is -2.39. The number of halogens is 1. The van der Waals surface area contributed by atoms with Crippen LogP contribution in [-0.2, 0) is 17.8 Å². The van der Waals surface area contributed by atoms with E-state index in [2.05, 4.69) is 54.0 Å². The molecule has 39 heavy (non-hydrogen) atoms. The fraction of sp³-hybridized carbons (Fsp3) is 0.273. The minimum absolute atomic E-state index is 0.0893. The van der Waals surface area contributed by atoms with Crippen LogP contribution < -0.4 is 15.4 Å². The number of carbonyl (C=O) groups excluding carboxylic acids is 1. The first kappa shape index (κ1) is 26.8. The van der Waals surface area contributed by atoms with Crippen LogP contribution in [0.3, 0.4) is 0 Å². The van der Waals surface area contributed by atoms with E-state index in [1.165, 1.54) is 0 Å². The summed E-state index contributed by atoms with van der Waals surface area (Å²) in [6.45, 7) is 6.57. The van der Waals surface area contributed by atoms with Gasteiger partial charge in [0.15, 0.2) is 5.78 Å². The Bertz CT molecular complexity index is 1560. The van der Waals surface area contributed by atoms with Crippen LogP contribution >= 0.6 is 15.9 Å². The molecule has 1 aliphatic heterocycles. The molecule has 1 heterocycles. The highest BCUT2D eigenvalue weighted by Crippen LogP contribution is 2.47. The lowest BCUT2D eigenvalue weighted by molar-refractivity contribution is -0.116. The van der Waals surface area contributed by atoms with Gasteiger partial charge in [-0.25, -0.2) is 0 Å². The lowest BCUT2D eigenvalue weighted by atomic mass is 9.74. The molecule has 2 N–H and O–H groups in total. The van der Waals surface area contributed by atoms with Crippen molar-refractivity contribution < 1.29 is 9.53 Å². The topological polar surface area (TPSA) is 79.3 Å². The largest absolute Gasteiger partial charge is 0.488 e. The molecule has 3 aromatic rings. The Morgan fingerprint density at radius 2 is 1.79 bits per heavy atom. The van der Waals surface area contributed by atoms with Gasteiger partial charge in [-0.05, 0) is 95.1 Å². The highest BCUT2D eigenvalue weighted by molar-refractivity contribution is 9.10. The van der Waals surface area contributed by atoms with Gasteiger partial charge < -0.3 is 10.5 Å². The van der Waals surface area contributed by atoms with E-state index < -0.39 is 5.92 Å². The maximum atomic E-state index is 13.6. The van der Waals surface area contributed by atoms with Crippen molar-refractivity contribution in [2.75, 3.05) is 4.90 Å². The summed E-state index contributed by atoms with van der Waals surface area (Å²) >= 11 is 3.55. The summed E-state index contributed by atoms with van der Waals surface area (Å²) in [6, 6.07) is 22.5. The number of allylic oxidation sites excluding steroid dienone is 3. The molecule has 0 aromatic heterocycles. The molecule has 0 radical (unpaired) electrons. The van der Waals surface area contributed by atoms with Gasteiger partial charge in [0.05, 0.1) is 27.7 Å². The zero-order valence-corrected chi connectivity index (χ0v) is 24.1. The molecule has 2 aliphatic rings. The monoisotopic (exact) mass is 581 g/mol. The molecule has 3 aromatic carbocycles. The molecule has 0 saturated carbocycles. The molecule has 5 nitrogen and oxygen atoms in total. The smallest absolute Gasteiger partial charge is 0.161 e. The Morgan fingerprint density at radius 1 is 1.05 bits per heavy atom. The number of benzene rings is 3. The average Bonchev–Trinajstić information content (AvgIpc) is 2.93. The van der Waals surface area contributed by atoms with Gasteiger partial charge in [-0.2, -0.15) is 5.26 Å². The number of hydrogen-bond acceptors (Lipinski definition) is 5. The summed E-state index contributed by atoms with van der Waals surface area (Å²) in [5.74, 6) is 0.746. The number of nitrogens with zero attached hydrogens (tertiary/aromatic N) is 2. The number of carbonyl (C=O) groups is 1. The van der Waals surface area contributed by atoms with Crippen LogP contribution in [0.15, 0.2) is 87.8 Å². The standard InChI is InChI=1S/C33H32BrN3O2/c1-4-22-10-5-7-12-27(22)37-28-13-9-14-29(38)32(28)31(25(18-35)33(37)36)24-17-23(20(2)16-21(24)3)19-39-30-15-8-6-11-26(30)34/h5-8,10-12,15-17,31H,4,9,13-14,19,36H2,1-3H3. The summed E-state index contributed by atoms with van der Waals surface area (Å²) < 4.78 is 7.04. The summed E-state index contributed by atoms with van der Waals surface area (Å²) in [5, 5.41) is 10.5. The summed E-state index contributed by atoms with van der Waals surface area (Å²) in [5.41, 5.74) is 15.0. The number of anilines is 1. The first-order valence-electron chi connectivity index (χ1n) is 13.4. The van der Waals surface area contributed by atoms with Crippen molar-refractivity contribution in [1.29, 1.82) is 5.26 Å². The van der Waals surface area contributed by atoms with Crippen molar-refractivity contribution in [3.63, 3.8) is 0 Å². The zero-order valence-electron chi connectivity index (χ0n) is 22.6. The molecule has 0 saturated heterocycles. The number of ketones is 1. The van der Waals surface area contributed by atoms with Gasteiger partial charge in [0.1, 0.15) is 18.2 Å². The third kappa shape index (κ3) is 4.88. The van der Waals surface area contributed by atoms with Gasteiger partial charge in [0.25, 0.3) is 0 Å². The van der Waals surface area contributed by atoms with Gasteiger partial charge in [-0.3, -0.25) is 9.69 Å². The second-order valence-corrected chi connectivity index (χ2v) is 11.0. The fourth-order valence-electron chi connectivity index (χ4n) is 5.80. The molecule has 0 fully saturated rings. The Hall–Kier alpha value is -3.82. The minimum Gasteiger partial charge on any atom is -0.488 e. The molecule has 1 aliphatic carbocycles. The van der Waals surface area contributed by atoms with Crippen LogP contribution in [0.4, 0.5) is 5.69 Å². The maximum absolute atomic E-state index is 13.6. The molecule has 198 valence electrons. The van der Waals surface area contributed by atoms with Crippen molar-refractivity contribution in [3.8, 4) is 11.8 Å². The average molecular weight is 583 g/mol. The van der Waals surface area contributed by atoms with Crippen molar-refractivity contribution in [2.45, 2.75) is 59.0 Å². The Balaban J connectivity index is 1.65. The summed E-state index contributed by atoms with van der Waals surface area (Å²) in [6.07, 6.45) is 2.79. The molecule has 1 atom stereocenters. The predicted molar refractivity (Wildman–Crippen MR) is 158 cm³/mol. The van der Waals surface area contributed by atoms with E-state index in [9.17, 15) is 10.1 Å². The Kier molecular flexibility index (Phi) is 7.63. The number of nitrogens with two attached hydrogens (primary N) is 1. The van der Waals surface area contributed by atoms with Gasteiger partial charge in [-0.15, -0.1) is 0 Å². The van der Waals surface area contributed by atoms with E-state index in [4.69, 9.17) is 10.5 Å². The number of rotatable bonds is 6. The fourth-order valence-corrected chi connectivity index (χ4v) is 6.20. The molecule has 6 heteroatoms. The summed E-state index contributed by atoms with van der Waals surface area (Å²) in [4.78, 5) is 15.6. The highest BCUT2D eigenvalue weighted by atomic mass is 79.9. The number of ether oxygens (including phenoxy) is 1. The van der Waals surface area contributed by atoms with E-state index in [0.717, 1.165) is 68.7 Å². The molecular formula is C33H32BrN3O2. The number of nitriles is 1. The second kappa shape index (κ2) is 11.1. The van der Waals surface area contributed by atoms with Crippen LogP contribution in [0.5, 0.6) is 5.75 Å². The molecular weight excluding hydrogens is 550 g/mol. The number of hydrogen-bond donors (Lipinski definition) is 1. The normalized spacial score (nSPS) is 17.3. The minimum atomic E-state index is -0.509. The van der Waals surface area contributed by atoms with Crippen LogP contribution in [0.25, 0.3) is 0 Å². The second-order valence-electron chi connectivity index (χ2n) is 10.2. The van der Waals surface area contributed by atoms with Gasteiger partial charge in [0, 0.05) is 17.7 Å². The zero-order chi connectivity index (χ0) is 27.7. The van der Waals surface area contributed by atoms with E-state index >= 15 is 0 Å². The highest BCUT2D eigenvalue weighted by Gasteiger charge is 2.41. The van der Waals surface area contributed by atoms with Gasteiger partial charge in [0.2, 0.25) is 0 Å². The maximum Gasteiger partial charge on any atom is 0.161 e. The van der Waals surface area contributed by atoms with Crippen molar-refractivity contribution >= 4 is 27.4 Å². The Labute approximate surface area is 238 Å². The van der Waals surface area contributed by atoms with Gasteiger partial charge in [-0.1, -0.05) is 49.4 Å². The van der Waals surface area contributed by atoms with Crippen LogP contribution in [0, 0.1) is 25.2 Å². The molecule has 1 unspecified atom stereocenters. The predicted octanol–water partition coefficient (Wildman–Crippen LogP) is 7.51. The SMILES string of the molecule is CCc1ccccc1N1C(N)=C(C#N)C(c2cc(COc3ccccc3Br)c(C)cc2C)C2=C1CCCC2=O. The van der Waals surface area contributed by atoms with Crippen LogP contribution in [0.2, 0.25) is 0 Å². The Morgan fingerprint density at radius 3 is 2.54 bits per heavy atom. The van der Waals surface area contributed by atoms with E-state index in [1.54, 1.807) is 0 Å². The third-order valence-electron chi connectivity index (χ3n) is 7.78. The van der Waals surface area contributed by atoms with E-state index in [-0.39, 0.29) is 5.78 Å². The molecule has 5 rings (SSSR count). The number of aryl methyl sites for hydroxylation is 3. The first-order valence-corrected chi connectivity index (χ1v) is 14.2.